The summed E-state index contributed by atoms with van der Waals surface area (Å²) in [5.74, 6) is 5.21. The van der Waals surface area contributed by atoms with Crippen molar-refractivity contribution in [2.24, 2.45) is 24.8 Å². The van der Waals surface area contributed by atoms with Crippen LogP contribution in [0.1, 0.15) is 44.3 Å². The fourth-order valence-corrected chi connectivity index (χ4v) is 6.87. The average molecular weight is 443 g/mol. The van der Waals surface area contributed by atoms with E-state index in [9.17, 15) is 4.79 Å². The number of nitrogens with zero attached hydrogens (tertiary/aromatic N) is 3. The van der Waals surface area contributed by atoms with Crippen molar-refractivity contribution in [1.29, 1.82) is 0 Å². The van der Waals surface area contributed by atoms with Crippen LogP contribution in [-0.4, -0.2) is 39.1 Å². The normalized spacial score (nSPS) is 28.5. The van der Waals surface area contributed by atoms with Gasteiger partial charge in [-0.05, 0) is 80.5 Å². The Morgan fingerprint density at radius 3 is 2.32 bits per heavy atom. The van der Waals surface area contributed by atoms with Gasteiger partial charge in [-0.25, -0.2) is 0 Å². The van der Waals surface area contributed by atoms with Gasteiger partial charge in [0.05, 0.1) is 12.9 Å². The van der Waals surface area contributed by atoms with E-state index >= 15 is 0 Å². The Morgan fingerprint density at radius 1 is 1.10 bits per heavy atom. The first kappa shape index (κ1) is 20.7. The van der Waals surface area contributed by atoms with Crippen LogP contribution in [0.3, 0.4) is 0 Å². The number of hydrogen-bond acceptors (Lipinski definition) is 6. The van der Waals surface area contributed by atoms with Crippen molar-refractivity contribution in [1.82, 2.24) is 20.1 Å². The maximum Gasteiger partial charge on any atom is 0.230 e. The van der Waals surface area contributed by atoms with Crippen LogP contribution in [0.15, 0.2) is 29.4 Å². The number of methoxy groups -OCH3 is 1. The molecule has 4 aliphatic rings. The van der Waals surface area contributed by atoms with E-state index in [1.54, 1.807) is 7.11 Å². The second-order valence-corrected chi connectivity index (χ2v) is 10.4. The first-order chi connectivity index (χ1) is 15.0. The summed E-state index contributed by atoms with van der Waals surface area (Å²) in [5, 5.41) is 12.6. The van der Waals surface area contributed by atoms with E-state index in [1.807, 2.05) is 35.9 Å². The van der Waals surface area contributed by atoms with Crippen molar-refractivity contribution in [2.75, 3.05) is 12.9 Å². The van der Waals surface area contributed by atoms with Gasteiger partial charge in [0, 0.05) is 12.6 Å². The molecule has 1 aromatic carbocycles. The van der Waals surface area contributed by atoms with E-state index in [-0.39, 0.29) is 11.4 Å². The van der Waals surface area contributed by atoms with Crippen LogP contribution in [0, 0.1) is 17.8 Å². The van der Waals surface area contributed by atoms with E-state index in [1.165, 1.54) is 50.3 Å². The lowest BCUT2D eigenvalue weighted by molar-refractivity contribution is -0.124. The molecule has 4 fully saturated rings. The Labute approximate surface area is 187 Å². The van der Waals surface area contributed by atoms with Crippen LogP contribution >= 0.6 is 11.8 Å². The molecule has 0 saturated heterocycles. The van der Waals surface area contributed by atoms with Gasteiger partial charge in [0.25, 0.3) is 0 Å². The number of amides is 1. The maximum atomic E-state index is 12.8. The summed E-state index contributed by atoms with van der Waals surface area (Å²) in [7, 11) is 3.55. The molecule has 1 N–H and O–H groups in total. The van der Waals surface area contributed by atoms with Gasteiger partial charge in [0.2, 0.25) is 5.91 Å². The zero-order chi connectivity index (χ0) is 21.4. The zero-order valence-electron chi connectivity index (χ0n) is 18.2. The predicted octanol–water partition coefficient (Wildman–Crippen LogP) is 3.58. The number of benzene rings is 1. The molecule has 6 rings (SSSR count). The monoisotopic (exact) mass is 442 g/mol. The van der Waals surface area contributed by atoms with Crippen molar-refractivity contribution in [2.45, 2.75) is 55.8 Å². The predicted molar refractivity (Wildman–Crippen MR) is 118 cm³/mol. The van der Waals surface area contributed by atoms with Gasteiger partial charge in [0.15, 0.2) is 11.0 Å². The van der Waals surface area contributed by atoms with Crippen molar-refractivity contribution in [3.05, 3.63) is 30.1 Å². The van der Waals surface area contributed by atoms with Crippen molar-refractivity contribution in [3.8, 4) is 11.5 Å². The largest absolute Gasteiger partial charge is 0.497 e. The van der Waals surface area contributed by atoms with Crippen molar-refractivity contribution < 1.29 is 14.3 Å². The highest BCUT2D eigenvalue weighted by molar-refractivity contribution is 7.99. The van der Waals surface area contributed by atoms with Crippen LogP contribution in [0.5, 0.6) is 11.5 Å². The molecule has 1 amide bonds. The number of ether oxygens (including phenoxy) is 2. The summed E-state index contributed by atoms with van der Waals surface area (Å²) in [6.07, 6.45) is 7.66. The molecule has 31 heavy (non-hydrogen) atoms. The van der Waals surface area contributed by atoms with Crippen molar-refractivity contribution >= 4 is 17.7 Å². The Morgan fingerprint density at radius 2 is 1.71 bits per heavy atom. The third kappa shape index (κ3) is 4.40. The summed E-state index contributed by atoms with van der Waals surface area (Å²) in [6, 6.07) is 7.44. The summed E-state index contributed by atoms with van der Waals surface area (Å²) in [6.45, 7) is 0.315. The lowest BCUT2D eigenvalue weighted by Gasteiger charge is -2.56. The van der Waals surface area contributed by atoms with E-state index < -0.39 is 0 Å². The number of carbonyl (C=O) groups excluding carboxylic acids is 1. The third-order valence-electron chi connectivity index (χ3n) is 7.13. The quantitative estimate of drug-likeness (QED) is 0.630. The summed E-state index contributed by atoms with van der Waals surface area (Å²) in [5.41, 5.74) is 0.0592. The second-order valence-electron chi connectivity index (χ2n) is 9.46. The molecule has 1 heterocycles. The minimum atomic E-state index is 0.0592. The number of rotatable bonds is 8. The molecule has 4 aliphatic carbocycles. The smallest absolute Gasteiger partial charge is 0.230 e. The molecule has 166 valence electrons. The summed E-state index contributed by atoms with van der Waals surface area (Å²) in [4.78, 5) is 12.8. The van der Waals surface area contributed by atoms with Gasteiger partial charge >= 0.3 is 0 Å². The van der Waals surface area contributed by atoms with Crippen LogP contribution in [-0.2, 0) is 18.4 Å². The van der Waals surface area contributed by atoms with E-state index in [0.29, 0.717) is 12.4 Å². The second kappa shape index (κ2) is 8.37. The van der Waals surface area contributed by atoms with Crippen LogP contribution in [0.4, 0.5) is 0 Å². The third-order valence-corrected chi connectivity index (χ3v) is 8.15. The van der Waals surface area contributed by atoms with Gasteiger partial charge in [-0.2, -0.15) is 0 Å². The average Bonchev–Trinajstić information content (AvgIpc) is 3.09. The highest BCUT2D eigenvalue weighted by Gasteiger charge is 2.51. The topological polar surface area (TPSA) is 78.3 Å². The van der Waals surface area contributed by atoms with Crippen molar-refractivity contribution in [3.63, 3.8) is 0 Å². The fraction of sp³-hybridized carbons (Fsp3) is 0.609. The van der Waals surface area contributed by atoms with E-state index in [2.05, 4.69) is 15.5 Å². The molecule has 2 aromatic rings. The Balaban J connectivity index is 1.13. The van der Waals surface area contributed by atoms with Gasteiger partial charge in [0.1, 0.15) is 18.1 Å². The first-order valence-electron chi connectivity index (χ1n) is 11.1. The number of aromatic nitrogens is 3. The van der Waals surface area contributed by atoms with Gasteiger partial charge < -0.3 is 19.4 Å². The zero-order valence-corrected chi connectivity index (χ0v) is 19.0. The highest BCUT2D eigenvalue weighted by atomic mass is 32.2. The van der Waals surface area contributed by atoms with Gasteiger partial charge in [-0.15, -0.1) is 10.2 Å². The molecule has 4 saturated carbocycles. The Bertz CT molecular complexity index is 908. The van der Waals surface area contributed by atoms with Crippen LogP contribution < -0.4 is 14.8 Å². The minimum absolute atomic E-state index is 0.0592. The SMILES string of the molecule is COc1ccc(OCc2nnc(SCC(=O)NC34CC5CC(CC(C5)C3)C4)n2C)cc1. The van der Waals surface area contributed by atoms with Crippen LogP contribution in [0.2, 0.25) is 0 Å². The molecule has 0 atom stereocenters. The lowest BCUT2D eigenvalue weighted by Crippen LogP contribution is -2.60. The van der Waals surface area contributed by atoms with E-state index in [0.717, 1.165) is 40.2 Å². The molecule has 8 heteroatoms. The molecule has 0 radical (unpaired) electrons. The number of carbonyl (C=O) groups is 1. The van der Waals surface area contributed by atoms with E-state index in [4.69, 9.17) is 9.47 Å². The Hall–Kier alpha value is -2.22. The maximum absolute atomic E-state index is 12.8. The van der Waals surface area contributed by atoms with Crippen LogP contribution in [0.25, 0.3) is 0 Å². The fourth-order valence-electron chi connectivity index (χ4n) is 6.14. The molecule has 0 unspecified atom stereocenters. The molecular weight excluding hydrogens is 412 g/mol. The molecular formula is C23H30N4O3S. The number of thioether (sulfide) groups is 1. The standard InChI is InChI=1S/C23H30N4O3S/c1-27-20(13-30-19-5-3-18(29-2)4-6-19)25-26-22(27)31-14-21(28)24-23-10-15-7-16(11-23)9-17(8-15)12-23/h3-6,15-17H,7-14H2,1-2H3,(H,24,28). The first-order valence-corrected chi connectivity index (χ1v) is 12.1. The summed E-state index contributed by atoms with van der Waals surface area (Å²) >= 11 is 1.44. The minimum Gasteiger partial charge on any atom is -0.497 e. The Kier molecular flexibility index (Phi) is 5.58. The molecule has 1 aromatic heterocycles. The molecule has 0 spiro atoms. The summed E-state index contributed by atoms with van der Waals surface area (Å²) < 4.78 is 12.9. The number of hydrogen-bond donors (Lipinski definition) is 1. The highest BCUT2D eigenvalue weighted by Crippen LogP contribution is 2.55. The molecule has 7 nitrogen and oxygen atoms in total. The lowest BCUT2D eigenvalue weighted by atomic mass is 9.53. The number of nitrogens with one attached hydrogen (secondary N) is 1. The molecule has 0 aliphatic heterocycles. The van der Waals surface area contributed by atoms with Gasteiger partial charge in [-0.3, -0.25) is 4.79 Å². The van der Waals surface area contributed by atoms with Gasteiger partial charge in [-0.1, -0.05) is 11.8 Å². The molecule has 4 bridgehead atoms.